The van der Waals surface area contributed by atoms with E-state index >= 15 is 0 Å². The molecule has 0 spiro atoms. The van der Waals surface area contributed by atoms with Crippen LogP contribution in [0.3, 0.4) is 0 Å². The summed E-state index contributed by atoms with van der Waals surface area (Å²) in [6.07, 6.45) is 3.41. The van der Waals surface area contributed by atoms with E-state index in [-0.39, 0.29) is 5.91 Å². The summed E-state index contributed by atoms with van der Waals surface area (Å²) in [5.41, 5.74) is 0. The lowest BCUT2D eigenvalue weighted by atomic mass is 10.4. The van der Waals surface area contributed by atoms with Crippen molar-refractivity contribution >= 4 is 18.6 Å². The molecule has 0 heterocycles. The second-order valence-corrected chi connectivity index (χ2v) is 2.33. The Morgan fingerprint density at radius 1 is 1.46 bits per heavy atom. The maximum Gasteiger partial charge on any atom is 0.246 e. The van der Waals surface area contributed by atoms with Gasteiger partial charge in [-0.25, -0.2) is 0 Å². The van der Waals surface area contributed by atoms with E-state index in [4.69, 9.17) is 0 Å². The molecule has 0 atom stereocenters. The number of nitrogens with one attached hydrogen (secondary N) is 1. The summed E-state index contributed by atoms with van der Waals surface area (Å²) in [5.74, 6) is -0.264. The van der Waals surface area contributed by atoms with Crippen LogP contribution >= 0.6 is 0 Å². The van der Waals surface area contributed by atoms with Gasteiger partial charge in [-0.15, -0.1) is 0 Å². The fourth-order valence-electron chi connectivity index (χ4n) is 0.650. The fraction of sp³-hybridized carbons (Fsp3) is 0.375. The molecular weight excluding hydrogens is 172 g/mol. The number of hydrogen-bond acceptors (Lipinski definition) is 3. The van der Waals surface area contributed by atoms with Gasteiger partial charge in [0.1, 0.15) is 6.29 Å². The third kappa shape index (κ3) is 5.60. The second kappa shape index (κ2) is 7.02. The van der Waals surface area contributed by atoms with Crippen molar-refractivity contribution in [3.05, 3.63) is 12.2 Å². The average Bonchev–Trinajstić information content (AvgIpc) is 2.14. The Morgan fingerprint density at radius 3 is 2.69 bits per heavy atom. The minimum Gasteiger partial charge on any atom is -0.357 e. The van der Waals surface area contributed by atoms with Gasteiger partial charge in [0.15, 0.2) is 0 Å². The van der Waals surface area contributed by atoms with Crippen LogP contribution < -0.4 is 5.32 Å². The molecule has 0 aromatic heterocycles. The Morgan fingerprint density at radius 2 is 2.15 bits per heavy atom. The van der Waals surface area contributed by atoms with Gasteiger partial charge >= 0.3 is 0 Å². The third-order valence-corrected chi connectivity index (χ3v) is 1.37. The van der Waals surface area contributed by atoms with Gasteiger partial charge in [-0.2, -0.15) is 0 Å². The number of likely N-dealkylation sites (N-methyl/N-ethyl adjacent to an activating group) is 1. The summed E-state index contributed by atoms with van der Waals surface area (Å²) in [6.45, 7) is 0.821. The molecule has 0 fully saturated rings. The highest BCUT2D eigenvalue weighted by atomic mass is 16.2. The van der Waals surface area contributed by atoms with E-state index in [1.165, 1.54) is 11.0 Å². The molecule has 13 heavy (non-hydrogen) atoms. The first-order valence-electron chi connectivity index (χ1n) is 3.76. The standard InChI is InChI=1S/C8H12N2O3/c1-10(5-4-9-7-12)8(13)3-2-6-11/h2-3,6-7H,4-5H2,1H3,(H,9,12)/b3-2-. The van der Waals surface area contributed by atoms with E-state index in [1.54, 1.807) is 7.05 Å². The van der Waals surface area contributed by atoms with Gasteiger partial charge in [-0.05, 0) is 6.08 Å². The minimum atomic E-state index is -0.264. The molecule has 72 valence electrons. The van der Waals surface area contributed by atoms with Crippen molar-refractivity contribution in [3.63, 3.8) is 0 Å². The lowest BCUT2D eigenvalue weighted by molar-refractivity contribution is -0.125. The van der Waals surface area contributed by atoms with E-state index in [9.17, 15) is 14.4 Å². The second-order valence-electron chi connectivity index (χ2n) is 2.33. The molecule has 0 bridgehead atoms. The van der Waals surface area contributed by atoms with Crippen LogP contribution in [0, 0.1) is 0 Å². The molecule has 2 amide bonds. The third-order valence-electron chi connectivity index (χ3n) is 1.37. The first kappa shape index (κ1) is 11.4. The maximum atomic E-state index is 11.1. The summed E-state index contributed by atoms with van der Waals surface area (Å²) in [4.78, 5) is 32.2. The Kier molecular flexibility index (Phi) is 6.13. The summed E-state index contributed by atoms with van der Waals surface area (Å²) in [6, 6.07) is 0. The average molecular weight is 184 g/mol. The number of amides is 2. The molecule has 0 aliphatic rings. The molecule has 5 heteroatoms. The summed E-state index contributed by atoms with van der Waals surface area (Å²) in [5, 5.41) is 2.42. The molecule has 0 radical (unpaired) electrons. The van der Waals surface area contributed by atoms with Gasteiger partial charge < -0.3 is 10.2 Å². The SMILES string of the molecule is CN(CCNC=O)C(=O)/C=C\C=O. The quantitative estimate of drug-likeness (QED) is 0.325. The zero-order valence-corrected chi connectivity index (χ0v) is 7.40. The highest BCUT2D eigenvalue weighted by Gasteiger charge is 2.02. The molecular formula is C8H12N2O3. The van der Waals surface area contributed by atoms with E-state index in [1.807, 2.05) is 0 Å². The predicted octanol–water partition coefficient (Wildman–Crippen LogP) is -1.05. The first-order chi connectivity index (χ1) is 6.22. The predicted molar refractivity (Wildman–Crippen MR) is 46.9 cm³/mol. The normalized spacial score (nSPS) is 9.62. The monoisotopic (exact) mass is 184 g/mol. The number of aldehydes is 1. The number of nitrogens with zero attached hydrogens (tertiary/aromatic N) is 1. The molecule has 0 aromatic rings. The Balaban J connectivity index is 3.74. The largest absolute Gasteiger partial charge is 0.357 e. The molecule has 0 saturated carbocycles. The van der Waals surface area contributed by atoms with Gasteiger partial charge in [-0.1, -0.05) is 0 Å². The molecule has 0 rings (SSSR count). The van der Waals surface area contributed by atoms with Crippen LogP contribution in [-0.4, -0.2) is 43.6 Å². The fourth-order valence-corrected chi connectivity index (χ4v) is 0.650. The summed E-state index contributed by atoms with van der Waals surface area (Å²) < 4.78 is 0. The van der Waals surface area contributed by atoms with Crippen LogP contribution in [0.4, 0.5) is 0 Å². The lowest BCUT2D eigenvalue weighted by Crippen LogP contribution is -2.32. The van der Waals surface area contributed by atoms with Crippen LogP contribution in [0.5, 0.6) is 0 Å². The first-order valence-corrected chi connectivity index (χ1v) is 3.76. The van der Waals surface area contributed by atoms with Gasteiger partial charge in [0.05, 0.1) is 0 Å². The van der Waals surface area contributed by atoms with E-state index in [0.29, 0.717) is 25.8 Å². The number of rotatable bonds is 6. The lowest BCUT2D eigenvalue weighted by Gasteiger charge is -2.13. The van der Waals surface area contributed by atoms with Crippen LogP contribution in [0.25, 0.3) is 0 Å². The van der Waals surface area contributed by atoms with Crippen LogP contribution in [0.1, 0.15) is 0 Å². The van der Waals surface area contributed by atoms with Gasteiger partial charge in [-0.3, -0.25) is 14.4 Å². The summed E-state index contributed by atoms with van der Waals surface area (Å²) in [7, 11) is 1.59. The molecule has 0 aliphatic heterocycles. The van der Waals surface area contributed by atoms with E-state index in [0.717, 1.165) is 6.08 Å². The van der Waals surface area contributed by atoms with E-state index in [2.05, 4.69) is 5.32 Å². The Hall–Kier alpha value is -1.65. The van der Waals surface area contributed by atoms with Crippen molar-refractivity contribution in [2.75, 3.05) is 20.1 Å². The molecule has 0 saturated heterocycles. The minimum absolute atomic E-state index is 0.264. The van der Waals surface area contributed by atoms with Crippen molar-refractivity contribution in [3.8, 4) is 0 Å². The Bertz CT molecular complexity index is 213. The van der Waals surface area contributed by atoms with Gasteiger partial charge in [0, 0.05) is 26.2 Å². The number of carbonyl (C=O) groups excluding carboxylic acids is 3. The van der Waals surface area contributed by atoms with Crippen molar-refractivity contribution in [1.82, 2.24) is 10.2 Å². The maximum absolute atomic E-state index is 11.1. The highest BCUT2D eigenvalue weighted by Crippen LogP contribution is 1.84. The Labute approximate surface area is 76.4 Å². The number of allylic oxidation sites excluding steroid dienone is 1. The van der Waals surface area contributed by atoms with E-state index < -0.39 is 0 Å². The summed E-state index contributed by atoms with van der Waals surface area (Å²) >= 11 is 0. The van der Waals surface area contributed by atoms with Crippen molar-refractivity contribution in [1.29, 1.82) is 0 Å². The smallest absolute Gasteiger partial charge is 0.246 e. The van der Waals surface area contributed by atoms with Gasteiger partial charge in [0.25, 0.3) is 0 Å². The molecule has 0 aliphatic carbocycles. The zero-order valence-electron chi connectivity index (χ0n) is 7.40. The number of hydrogen-bond donors (Lipinski definition) is 1. The van der Waals surface area contributed by atoms with Crippen molar-refractivity contribution in [2.45, 2.75) is 0 Å². The number of carbonyl (C=O) groups is 3. The molecule has 0 unspecified atom stereocenters. The van der Waals surface area contributed by atoms with Crippen molar-refractivity contribution in [2.24, 2.45) is 0 Å². The van der Waals surface area contributed by atoms with Gasteiger partial charge in [0.2, 0.25) is 12.3 Å². The zero-order chi connectivity index (χ0) is 10.1. The topological polar surface area (TPSA) is 66.5 Å². The van der Waals surface area contributed by atoms with Crippen molar-refractivity contribution < 1.29 is 14.4 Å². The van der Waals surface area contributed by atoms with Crippen LogP contribution in [0.15, 0.2) is 12.2 Å². The molecule has 1 N–H and O–H groups in total. The molecule has 0 aromatic carbocycles. The molecule has 5 nitrogen and oxygen atoms in total. The van der Waals surface area contributed by atoms with Crippen LogP contribution in [0.2, 0.25) is 0 Å². The van der Waals surface area contributed by atoms with Crippen LogP contribution in [-0.2, 0) is 14.4 Å². The highest BCUT2D eigenvalue weighted by molar-refractivity contribution is 5.90.